The molecule has 0 aliphatic carbocycles. The number of carbonyl (C=O) groups excluding carboxylic acids is 1. The van der Waals surface area contributed by atoms with Gasteiger partial charge in [0.05, 0.1) is 23.2 Å². The van der Waals surface area contributed by atoms with Gasteiger partial charge in [0.1, 0.15) is 0 Å². The summed E-state index contributed by atoms with van der Waals surface area (Å²) < 4.78 is 40.2. The van der Waals surface area contributed by atoms with E-state index >= 15 is 0 Å². The Labute approximate surface area is 168 Å². The van der Waals surface area contributed by atoms with Crippen LogP contribution in [0.15, 0.2) is 66.2 Å². The average Bonchev–Trinajstić information content (AvgIpc) is 3.20. The number of alkyl halides is 3. The maximum absolute atomic E-state index is 13.4. The fourth-order valence-corrected chi connectivity index (χ4v) is 3.62. The molecule has 4 rings (SSSR count). The molecule has 0 aliphatic rings. The largest absolute Gasteiger partial charge is 0.417 e. The van der Waals surface area contributed by atoms with Crippen molar-refractivity contribution in [1.29, 1.82) is 0 Å². The molecule has 29 heavy (non-hydrogen) atoms. The monoisotopic (exact) mass is 413 g/mol. The second-order valence-corrected chi connectivity index (χ2v) is 7.19. The fourth-order valence-electron chi connectivity index (χ4n) is 3.08. The van der Waals surface area contributed by atoms with Gasteiger partial charge in [-0.3, -0.25) is 4.79 Å². The highest BCUT2D eigenvalue weighted by molar-refractivity contribution is 7.13. The van der Waals surface area contributed by atoms with Crippen LogP contribution >= 0.6 is 11.3 Å². The molecule has 8 heteroatoms. The lowest BCUT2D eigenvalue weighted by molar-refractivity contribution is -0.137. The zero-order valence-corrected chi connectivity index (χ0v) is 15.7. The number of halogens is 3. The van der Waals surface area contributed by atoms with Gasteiger partial charge in [0.2, 0.25) is 5.91 Å². The smallest absolute Gasteiger partial charge is 0.302 e. The summed E-state index contributed by atoms with van der Waals surface area (Å²) in [6.45, 7) is 0. The van der Waals surface area contributed by atoms with E-state index in [0.717, 1.165) is 11.5 Å². The van der Waals surface area contributed by atoms with E-state index in [4.69, 9.17) is 0 Å². The Kier molecular flexibility index (Phi) is 5.02. The van der Waals surface area contributed by atoms with Crippen LogP contribution in [0, 0.1) is 0 Å². The molecular weight excluding hydrogens is 399 g/mol. The van der Waals surface area contributed by atoms with Crippen LogP contribution in [0.25, 0.3) is 22.2 Å². The van der Waals surface area contributed by atoms with Crippen molar-refractivity contribution in [3.8, 4) is 11.3 Å². The van der Waals surface area contributed by atoms with Crippen LogP contribution in [0.2, 0.25) is 0 Å². The summed E-state index contributed by atoms with van der Waals surface area (Å²) in [5.74, 6) is -0.268. The Balaban J connectivity index is 1.73. The highest BCUT2D eigenvalue weighted by Gasteiger charge is 2.33. The molecule has 0 bridgehead atoms. The molecule has 0 saturated heterocycles. The van der Waals surface area contributed by atoms with Gasteiger partial charge in [-0.05, 0) is 17.7 Å². The normalized spacial score (nSPS) is 11.6. The number of nitrogens with zero attached hydrogens (tertiary/aromatic N) is 2. The molecular formula is C21H14F3N3OS. The van der Waals surface area contributed by atoms with E-state index in [9.17, 15) is 18.0 Å². The average molecular weight is 413 g/mol. The molecule has 1 N–H and O–H groups in total. The van der Waals surface area contributed by atoms with E-state index in [1.54, 1.807) is 41.9 Å². The SMILES string of the molecule is O=C(Cc1cccc2ccc(-c3ccccc3C(F)(F)F)nc12)Nc1nccs1. The van der Waals surface area contributed by atoms with E-state index in [1.165, 1.54) is 23.5 Å². The summed E-state index contributed by atoms with van der Waals surface area (Å²) >= 11 is 1.30. The summed E-state index contributed by atoms with van der Waals surface area (Å²) in [7, 11) is 0. The highest BCUT2D eigenvalue weighted by atomic mass is 32.1. The number of hydrogen-bond donors (Lipinski definition) is 1. The van der Waals surface area contributed by atoms with Crippen LogP contribution in [0.3, 0.4) is 0 Å². The zero-order valence-electron chi connectivity index (χ0n) is 14.9. The number of hydrogen-bond acceptors (Lipinski definition) is 4. The Morgan fingerprint density at radius 1 is 1.03 bits per heavy atom. The van der Waals surface area contributed by atoms with Crippen LogP contribution < -0.4 is 5.32 Å². The number of pyridine rings is 1. The number of nitrogens with one attached hydrogen (secondary N) is 1. The minimum atomic E-state index is -4.49. The van der Waals surface area contributed by atoms with Crippen molar-refractivity contribution in [2.45, 2.75) is 12.6 Å². The number of carbonyl (C=O) groups is 1. The van der Waals surface area contributed by atoms with Crippen molar-refractivity contribution < 1.29 is 18.0 Å². The van der Waals surface area contributed by atoms with E-state index in [0.29, 0.717) is 16.2 Å². The van der Waals surface area contributed by atoms with Gasteiger partial charge in [0.15, 0.2) is 5.13 Å². The summed E-state index contributed by atoms with van der Waals surface area (Å²) in [6, 6.07) is 14.0. The predicted octanol–water partition coefficient (Wildman–Crippen LogP) is 5.56. The number of fused-ring (bicyclic) bond motifs is 1. The van der Waals surface area contributed by atoms with Gasteiger partial charge in [-0.25, -0.2) is 9.97 Å². The molecule has 1 amide bonds. The van der Waals surface area contributed by atoms with E-state index in [2.05, 4.69) is 15.3 Å². The number of aromatic nitrogens is 2. The first kappa shape index (κ1) is 19.1. The number of para-hydroxylation sites is 1. The molecule has 146 valence electrons. The predicted molar refractivity (Wildman–Crippen MR) is 107 cm³/mol. The van der Waals surface area contributed by atoms with E-state index in [1.807, 2.05) is 6.07 Å². The number of amides is 1. The first-order valence-corrected chi connectivity index (χ1v) is 9.54. The van der Waals surface area contributed by atoms with Crippen LogP contribution in [0.5, 0.6) is 0 Å². The van der Waals surface area contributed by atoms with Gasteiger partial charge in [0, 0.05) is 22.5 Å². The molecule has 0 saturated carbocycles. The molecule has 0 fully saturated rings. The van der Waals surface area contributed by atoms with E-state index in [-0.39, 0.29) is 23.6 Å². The third kappa shape index (κ3) is 4.12. The first-order chi connectivity index (χ1) is 13.9. The molecule has 0 unspecified atom stereocenters. The van der Waals surface area contributed by atoms with Crippen molar-refractivity contribution in [2.75, 3.05) is 5.32 Å². The minimum Gasteiger partial charge on any atom is -0.302 e. The third-order valence-corrected chi connectivity index (χ3v) is 5.03. The Morgan fingerprint density at radius 2 is 1.86 bits per heavy atom. The summed E-state index contributed by atoms with van der Waals surface area (Å²) in [5.41, 5.74) is 0.590. The molecule has 2 aromatic carbocycles. The Morgan fingerprint density at radius 3 is 2.62 bits per heavy atom. The topological polar surface area (TPSA) is 54.9 Å². The third-order valence-electron chi connectivity index (χ3n) is 4.34. The summed E-state index contributed by atoms with van der Waals surface area (Å²) in [5, 5.41) is 5.69. The van der Waals surface area contributed by atoms with E-state index < -0.39 is 11.7 Å². The quantitative estimate of drug-likeness (QED) is 0.477. The Hall–Kier alpha value is -3.26. The van der Waals surface area contributed by atoms with Gasteiger partial charge in [-0.15, -0.1) is 11.3 Å². The molecule has 4 nitrogen and oxygen atoms in total. The lowest BCUT2D eigenvalue weighted by Crippen LogP contribution is -2.14. The molecule has 0 aliphatic heterocycles. The second-order valence-electron chi connectivity index (χ2n) is 6.29. The number of rotatable bonds is 4. The molecule has 2 heterocycles. The van der Waals surface area contributed by atoms with Gasteiger partial charge < -0.3 is 5.32 Å². The zero-order chi connectivity index (χ0) is 20.4. The van der Waals surface area contributed by atoms with Crippen molar-refractivity contribution >= 4 is 33.3 Å². The number of thiazole rings is 1. The molecule has 0 atom stereocenters. The summed E-state index contributed by atoms with van der Waals surface area (Å²) in [4.78, 5) is 20.8. The van der Waals surface area contributed by atoms with Crippen LogP contribution in [0.4, 0.5) is 18.3 Å². The minimum absolute atomic E-state index is 0.00365. The van der Waals surface area contributed by atoms with Gasteiger partial charge in [0.25, 0.3) is 0 Å². The van der Waals surface area contributed by atoms with Crippen molar-refractivity contribution in [2.24, 2.45) is 0 Å². The molecule has 4 aromatic rings. The standard InChI is InChI=1S/C21H14F3N3OS/c22-21(23,24)16-7-2-1-6-15(16)17-9-8-13-4-3-5-14(19(13)26-17)12-18(28)27-20-25-10-11-29-20/h1-11H,12H2,(H,25,27,28). The molecule has 2 aromatic heterocycles. The van der Waals surface area contributed by atoms with Crippen molar-refractivity contribution in [1.82, 2.24) is 9.97 Å². The number of benzene rings is 2. The van der Waals surface area contributed by atoms with Crippen LogP contribution in [-0.4, -0.2) is 15.9 Å². The summed E-state index contributed by atoms with van der Waals surface area (Å²) in [6.07, 6.45) is -2.86. The second kappa shape index (κ2) is 7.63. The van der Waals surface area contributed by atoms with Crippen LogP contribution in [-0.2, 0) is 17.4 Å². The van der Waals surface area contributed by atoms with Crippen LogP contribution in [0.1, 0.15) is 11.1 Å². The van der Waals surface area contributed by atoms with Crippen molar-refractivity contribution in [3.63, 3.8) is 0 Å². The maximum Gasteiger partial charge on any atom is 0.417 e. The molecule has 0 spiro atoms. The van der Waals surface area contributed by atoms with Crippen molar-refractivity contribution in [3.05, 3.63) is 77.3 Å². The number of anilines is 1. The molecule has 0 radical (unpaired) electrons. The van der Waals surface area contributed by atoms with Gasteiger partial charge in [-0.1, -0.05) is 42.5 Å². The first-order valence-electron chi connectivity index (χ1n) is 8.66. The maximum atomic E-state index is 13.4. The fraction of sp³-hybridized carbons (Fsp3) is 0.0952. The highest BCUT2D eigenvalue weighted by Crippen LogP contribution is 2.36. The lowest BCUT2D eigenvalue weighted by Gasteiger charge is -2.13. The Bertz CT molecular complexity index is 1170. The van der Waals surface area contributed by atoms with Gasteiger partial charge >= 0.3 is 6.18 Å². The van der Waals surface area contributed by atoms with Gasteiger partial charge in [-0.2, -0.15) is 13.2 Å². The lowest BCUT2D eigenvalue weighted by atomic mass is 10.0.